The fraction of sp³-hybridized carbons (Fsp3) is 0.162. The van der Waals surface area contributed by atoms with Crippen molar-refractivity contribution in [2.45, 2.75) is 33.0 Å². The van der Waals surface area contributed by atoms with Crippen molar-refractivity contribution in [1.29, 1.82) is 0 Å². The number of benzene rings is 2. The van der Waals surface area contributed by atoms with Crippen molar-refractivity contribution in [2.75, 3.05) is 7.11 Å². The molecule has 1 aliphatic heterocycles. The van der Waals surface area contributed by atoms with Gasteiger partial charge >= 0.3 is 0 Å². The van der Waals surface area contributed by atoms with Crippen LogP contribution < -0.4 is 15.8 Å². The molecule has 0 fully saturated rings. The lowest BCUT2D eigenvalue weighted by molar-refractivity contribution is 0.411. The molecule has 0 radical (unpaired) electrons. The number of rotatable bonds is 9. The summed E-state index contributed by atoms with van der Waals surface area (Å²) < 4.78 is 19.7. The van der Waals surface area contributed by atoms with Gasteiger partial charge in [-0.05, 0) is 72.0 Å². The normalized spacial score (nSPS) is 16.9. The first-order valence-electron chi connectivity index (χ1n) is 14.9. The Hall–Kier alpha value is -5.34. The number of nitrogens with one attached hydrogen (secondary N) is 2. The number of halogens is 1. The van der Waals surface area contributed by atoms with Gasteiger partial charge in [-0.15, -0.1) is 0 Å². The van der Waals surface area contributed by atoms with Gasteiger partial charge in [0.05, 0.1) is 36.3 Å². The summed E-state index contributed by atoms with van der Waals surface area (Å²) >= 11 is 0. The van der Waals surface area contributed by atoms with Crippen molar-refractivity contribution >= 4 is 22.2 Å². The number of nitrogens with two attached hydrogens (primary N) is 1. The number of fused-ring (bicyclic) bond motifs is 1. The standard InChI is InChI=1S/C37H35FN6O/c1-4-31-23(2)43-37(35-15-32-34(21-42-22-36(32)44-35)26-11-29(38)14-30(12-26)45-3)33(31)13-27(16-39)28-10-25(19-41-20-28)18-40-17-24-8-6-5-7-9-24/h4-16,19-23,40,44H,17-18,39H2,1-3H3/b27-16+,31-4+,33-13+/t23-/m0/s1. The molecule has 226 valence electrons. The zero-order valence-electron chi connectivity index (χ0n) is 25.5. The van der Waals surface area contributed by atoms with Crippen molar-refractivity contribution in [3.63, 3.8) is 0 Å². The molecule has 1 aliphatic rings. The van der Waals surface area contributed by atoms with Crippen LogP contribution in [0.15, 0.2) is 120 Å². The zero-order valence-corrected chi connectivity index (χ0v) is 25.5. The maximum atomic E-state index is 14.4. The van der Waals surface area contributed by atoms with E-state index in [1.807, 2.05) is 49.6 Å². The smallest absolute Gasteiger partial charge is 0.127 e. The van der Waals surface area contributed by atoms with Gasteiger partial charge in [0.15, 0.2) is 0 Å². The Morgan fingerprint density at radius 3 is 2.58 bits per heavy atom. The average Bonchev–Trinajstić information content (AvgIpc) is 3.64. The van der Waals surface area contributed by atoms with Crippen LogP contribution in [0.25, 0.3) is 27.6 Å². The molecule has 4 N–H and O–H groups in total. The second-order valence-electron chi connectivity index (χ2n) is 11.0. The van der Waals surface area contributed by atoms with Crippen LogP contribution in [0.3, 0.4) is 0 Å². The van der Waals surface area contributed by atoms with E-state index in [4.69, 9.17) is 15.5 Å². The largest absolute Gasteiger partial charge is 0.497 e. The minimum absolute atomic E-state index is 0.0431. The lowest BCUT2D eigenvalue weighted by atomic mass is 9.94. The number of aliphatic imine (C=N–C) groups is 1. The van der Waals surface area contributed by atoms with Crippen molar-refractivity contribution < 1.29 is 9.13 Å². The Labute approximate surface area is 262 Å². The summed E-state index contributed by atoms with van der Waals surface area (Å²) in [5.41, 5.74) is 16.3. The molecule has 0 saturated heterocycles. The van der Waals surface area contributed by atoms with E-state index in [-0.39, 0.29) is 11.9 Å². The molecule has 0 aliphatic carbocycles. The summed E-state index contributed by atoms with van der Waals surface area (Å²) in [5.74, 6) is 0.0713. The fourth-order valence-electron chi connectivity index (χ4n) is 5.77. The van der Waals surface area contributed by atoms with Crippen LogP contribution >= 0.6 is 0 Å². The number of hydrogen-bond donors (Lipinski definition) is 3. The van der Waals surface area contributed by atoms with Crippen molar-refractivity contribution in [3.05, 3.63) is 143 Å². The quantitative estimate of drug-likeness (QED) is 0.168. The van der Waals surface area contributed by atoms with Gasteiger partial charge < -0.3 is 20.8 Å². The Morgan fingerprint density at radius 1 is 1.00 bits per heavy atom. The number of allylic oxidation sites excluding steroid dienone is 3. The van der Waals surface area contributed by atoms with Crippen LogP contribution in [-0.4, -0.2) is 33.8 Å². The molecule has 7 nitrogen and oxygen atoms in total. The van der Waals surface area contributed by atoms with Crippen LogP contribution in [0.2, 0.25) is 0 Å². The maximum Gasteiger partial charge on any atom is 0.127 e. The molecule has 0 bridgehead atoms. The third-order valence-electron chi connectivity index (χ3n) is 7.98. The topological polar surface area (TPSA) is 101 Å². The molecule has 0 unspecified atom stereocenters. The number of aromatic nitrogens is 3. The highest BCUT2D eigenvalue weighted by Gasteiger charge is 2.27. The van der Waals surface area contributed by atoms with E-state index >= 15 is 0 Å². The van der Waals surface area contributed by atoms with Gasteiger partial charge in [-0.3, -0.25) is 15.0 Å². The Morgan fingerprint density at radius 2 is 1.80 bits per heavy atom. The highest BCUT2D eigenvalue weighted by Crippen LogP contribution is 2.36. The maximum absolute atomic E-state index is 14.4. The van der Waals surface area contributed by atoms with E-state index in [9.17, 15) is 4.39 Å². The fourth-order valence-corrected chi connectivity index (χ4v) is 5.77. The minimum atomic E-state index is -0.374. The van der Waals surface area contributed by atoms with Crippen molar-refractivity contribution in [3.8, 4) is 16.9 Å². The number of H-pyrrole nitrogens is 1. The monoisotopic (exact) mass is 598 g/mol. The molecule has 45 heavy (non-hydrogen) atoms. The van der Waals surface area contributed by atoms with E-state index in [1.165, 1.54) is 24.8 Å². The first-order chi connectivity index (χ1) is 22.0. The van der Waals surface area contributed by atoms with E-state index < -0.39 is 0 Å². The number of methoxy groups -OCH3 is 1. The summed E-state index contributed by atoms with van der Waals surface area (Å²) in [7, 11) is 1.52. The molecule has 0 saturated carbocycles. The summed E-state index contributed by atoms with van der Waals surface area (Å²) in [6.45, 7) is 5.55. The van der Waals surface area contributed by atoms with E-state index in [1.54, 1.807) is 18.6 Å². The first-order valence-corrected chi connectivity index (χ1v) is 14.9. The lowest BCUT2D eigenvalue weighted by Crippen LogP contribution is -2.13. The molecule has 4 heterocycles. The summed E-state index contributed by atoms with van der Waals surface area (Å²) in [6.07, 6.45) is 13.0. The number of pyridine rings is 2. The molecule has 6 rings (SSSR count). The summed E-state index contributed by atoms with van der Waals surface area (Å²) in [5, 5.41) is 4.40. The van der Waals surface area contributed by atoms with Crippen molar-refractivity contribution in [2.24, 2.45) is 10.7 Å². The van der Waals surface area contributed by atoms with Gasteiger partial charge in [-0.25, -0.2) is 4.39 Å². The number of ether oxygens (including phenoxy) is 1. The summed E-state index contributed by atoms with van der Waals surface area (Å²) in [6, 6.07) is 19.1. The number of nitrogens with zero attached hydrogens (tertiary/aromatic N) is 3. The van der Waals surface area contributed by atoms with Crippen molar-refractivity contribution in [1.82, 2.24) is 20.3 Å². The zero-order chi connectivity index (χ0) is 31.3. The first kappa shape index (κ1) is 29.7. The predicted molar refractivity (Wildman–Crippen MR) is 179 cm³/mol. The third kappa shape index (κ3) is 6.32. The van der Waals surface area contributed by atoms with Crippen LogP contribution in [-0.2, 0) is 13.1 Å². The van der Waals surface area contributed by atoms with Crippen LogP contribution in [0, 0.1) is 5.82 Å². The van der Waals surface area contributed by atoms with Crippen LogP contribution in [0.5, 0.6) is 5.75 Å². The van der Waals surface area contributed by atoms with Gasteiger partial charge in [-0.2, -0.15) is 0 Å². The average molecular weight is 599 g/mol. The number of hydrogen-bond acceptors (Lipinski definition) is 6. The van der Waals surface area contributed by atoms with Crippen LogP contribution in [0.1, 0.15) is 36.2 Å². The molecule has 0 amide bonds. The second-order valence-corrected chi connectivity index (χ2v) is 11.0. The summed E-state index contributed by atoms with van der Waals surface area (Å²) in [4.78, 5) is 17.5. The van der Waals surface area contributed by atoms with E-state index in [0.717, 1.165) is 62.3 Å². The van der Waals surface area contributed by atoms with Gasteiger partial charge in [0.25, 0.3) is 0 Å². The predicted octanol–water partition coefficient (Wildman–Crippen LogP) is 7.13. The Bertz CT molecular complexity index is 1970. The van der Waals surface area contributed by atoms with Gasteiger partial charge in [0.1, 0.15) is 11.6 Å². The highest BCUT2D eigenvalue weighted by atomic mass is 19.1. The second kappa shape index (κ2) is 13.1. The molecule has 1 atom stereocenters. The van der Waals surface area contributed by atoms with Gasteiger partial charge in [-0.1, -0.05) is 36.4 Å². The third-order valence-corrected chi connectivity index (χ3v) is 7.98. The lowest BCUT2D eigenvalue weighted by Gasteiger charge is -2.10. The molecule has 2 aromatic carbocycles. The SMILES string of the molecule is C/C=C1/C(=C\C(=C/N)c2cncc(CNCc3ccccc3)c2)C(c2cc3c(-c4cc(F)cc(OC)c4)cncc3[nH]2)=N[C@H]1C. The highest BCUT2D eigenvalue weighted by molar-refractivity contribution is 6.19. The van der Waals surface area contributed by atoms with E-state index in [2.05, 4.69) is 57.5 Å². The number of aromatic amines is 1. The Kier molecular flexibility index (Phi) is 8.66. The molecule has 8 heteroatoms. The molecular weight excluding hydrogens is 563 g/mol. The van der Waals surface area contributed by atoms with Gasteiger partial charge in [0.2, 0.25) is 0 Å². The molecule has 0 spiro atoms. The minimum Gasteiger partial charge on any atom is -0.497 e. The Balaban J connectivity index is 1.33. The molecule has 3 aromatic heterocycles. The molecule has 5 aromatic rings. The van der Waals surface area contributed by atoms with Gasteiger partial charge in [0, 0.05) is 66.0 Å². The van der Waals surface area contributed by atoms with E-state index in [0.29, 0.717) is 17.9 Å². The molecular formula is C37H35FN6O. The van der Waals surface area contributed by atoms with Crippen LogP contribution in [0.4, 0.5) is 4.39 Å².